The molecule has 86 valence electrons. The number of halogens is 1. The fraction of sp³-hybridized carbons (Fsp3) is 0.583. The second kappa shape index (κ2) is 3.70. The van der Waals surface area contributed by atoms with Crippen LogP contribution in [0.5, 0.6) is 0 Å². The van der Waals surface area contributed by atoms with Crippen LogP contribution in [0.25, 0.3) is 0 Å². The highest BCUT2D eigenvalue weighted by Gasteiger charge is 2.33. The predicted molar refractivity (Wildman–Crippen MR) is 61.1 cm³/mol. The van der Waals surface area contributed by atoms with E-state index in [1.54, 1.807) is 13.1 Å². The first-order valence-corrected chi connectivity index (χ1v) is 5.86. The molecule has 0 aromatic carbocycles. The van der Waals surface area contributed by atoms with E-state index in [0.717, 1.165) is 18.8 Å². The number of anilines is 1. The van der Waals surface area contributed by atoms with Crippen LogP contribution in [0.4, 0.5) is 10.1 Å². The second-order valence-electron chi connectivity index (χ2n) is 4.78. The van der Waals surface area contributed by atoms with E-state index in [-0.39, 0.29) is 5.95 Å². The summed E-state index contributed by atoms with van der Waals surface area (Å²) < 4.78 is 13.1. The third-order valence-corrected chi connectivity index (χ3v) is 3.69. The minimum Gasteiger partial charge on any atom is -0.366 e. The summed E-state index contributed by atoms with van der Waals surface area (Å²) in [5.74, 6) is -0.358. The molecule has 2 bridgehead atoms. The van der Waals surface area contributed by atoms with E-state index in [9.17, 15) is 4.39 Å². The molecule has 3 nitrogen and oxygen atoms in total. The monoisotopic (exact) mass is 221 g/mol. The quantitative estimate of drug-likeness (QED) is 0.728. The fourth-order valence-corrected chi connectivity index (χ4v) is 2.77. The van der Waals surface area contributed by atoms with Crippen molar-refractivity contribution >= 4 is 5.69 Å². The highest BCUT2D eigenvalue weighted by atomic mass is 19.1. The minimum atomic E-state index is -0.358. The molecule has 2 saturated heterocycles. The molecule has 4 heteroatoms. The van der Waals surface area contributed by atoms with Gasteiger partial charge >= 0.3 is 0 Å². The summed E-state index contributed by atoms with van der Waals surface area (Å²) >= 11 is 0. The van der Waals surface area contributed by atoms with E-state index < -0.39 is 0 Å². The number of nitrogens with one attached hydrogen (secondary N) is 1. The fourth-order valence-electron chi connectivity index (χ4n) is 2.77. The summed E-state index contributed by atoms with van der Waals surface area (Å²) in [5, 5.41) is 3.51. The van der Waals surface area contributed by atoms with Gasteiger partial charge in [0.1, 0.15) is 0 Å². The molecule has 0 spiro atoms. The molecule has 1 N–H and O–H groups in total. The summed E-state index contributed by atoms with van der Waals surface area (Å²) in [5.41, 5.74) is 1.69. The van der Waals surface area contributed by atoms with E-state index in [2.05, 4.69) is 15.2 Å². The highest BCUT2D eigenvalue weighted by molar-refractivity contribution is 5.48. The molecule has 2 aliphatic heterocycles. The van der Waals surface area contributed by atoms with Gasteiger partial charge < -0.3 is 10.2 Å². The summed E-state index contributed by atoms with van der Waals surface area (Å²) in [6.07, 6.45) is 4.03. The molecule has 1 aromatic heterocycles. The van der Waals surface area contributed by atoms with Gasteiger partial charge in [0.2, 0.25) is 5.95 Å². The van der Waals surface area contributed by atoms with Gasteiger partial charge in [-0.1, -0.05) is 0 Å². The summed E-state index contributed by atoms with van der Waals surface area (Å²) in [6.45, 7) is 3.86. The van der Waals surface area contributed by atoms with Crippen LogP contribution in [0.3, 0.4) is 0 Å². The number of piperidine rings is 1. The normalized spacial score (nSPS) is 28.5. The van der Waals surface area contributed by atoms with Gasteiger partial charge in [-0.3, -0.25) is 0 Å². The maximum Gasteiger partial charge on any atom is 0.215 e. The first kappa shape index (κ1) is 10.0. The van der Waals surface area contributed by atoms with Crippen molar-refractivity contribution in [1.82, 2.24) is 10.3 Å². The van der Waals surface area contributed by atoms with E-state index in [1.165, 1.54) is 12.8 Å². The summed E-state index contributed by atoms with van der Waals surface area (Å²) in [6, 6.07) is 3.15. The van der Waals surface area contributed by atoms with Crippen LogP contribution in [0.2, 0.25) is 0 Å². The van der Waals surface area contributed by atoms with Gasteiger partial charge in [0.05, 0.1) is 11.9 Å². The molecule has 2 atom stereocenters. The van der Waals surface area contributed by atoms with E-state index in [4.69, 9.17) is 0 Å². The Labute approximate surface area is 94.7 Å². The van der Waals surface area contributed by atoms with Crippen molar-refractivity contribution in [1.29, 1.82) is 0 Å². The van der Waals surface area contributed by atoms with Crippen LogP contribution in [0, 0.1) is 12.9 Å². The number of rotatable bonds is 1. The molecule has 0 radical (unpaired) electrons. The predicted octanol–water partition coefficient (Wildman–Crippen LogP) is 1.47. The molecule has 1 aromatic rings. The van der Waals surface area contributed by atoms with Gasteiger partial charge in [-0.15, -0.1) is 0 Å². The van der Waals surface area contributed by atoms with Crippen LogP contribution >= 0.6 is 0 Å². The van der Waals surface area contributed by atoms with Gasteiger partial charge in [-0.25, -0.2) is 4.98 Å². The minimum absolute atomic E-state index is 0.358. The number of nitrogens with zero attached hydrogens (tertiary/aromatic N) is 2. The van der Waals surface area contributed by atoms with Crippen LogP contribution in [0.15, 0.2) is 12.3 Å². The smallest absolute Gasteiger partial charge is 0.215 e. The Morgan fingerprint density at radius 2 is 2.44 bits per heavy atom. The molecule has 0 unspecified atom stereocenters. The SMILES string of the molecule is Cc1cc(N2CC[C@H]3C[C@@H]2CN3)cnc1F. The topological polar surface area (TPSA) is 28.2 Å². The molecular weight excluding hydrogens is 205 g/mol. The van der Waals surface area contributed by atoms with Gasteiger partial charge in [0, 0.05) is 30.7 Å². The van der Waals surface area contributed by atoms with Crippen molar-refractivity contribution < 1.29 is 4.39 Å². The Hall–Kier alpha value is -1.16. The number of pyridine rings is 1. The third kappa shape index (κ3) is 1.57. The van der Waals surface area contributed by atoms with Crippen LogP contribution in [-0.2, 0) is 0 Å². The Balaban J connectivity index is 1.88. The lowest BCUT2D eigenvalue weighted by Crippen LogP contribution is -2.40. The Morgan fingerprint density at radius 3 is 3.25 bits per heavy atom. The Bertz CT molecular complexity index is 407. The molecule has 2 fully saturated rings. The maximum atomic E-state index is 13.1. The van der Waals surface area contributed by atoms with Crippen molar-refractivity contribution in [2.24, 2.45) is 0 Å². The highest BCUT2D eigenvalue weighted by Crippen LogP contribution is 2.28. The number of aryl methyl sites for hydroxylation is 1. The Kier molecular flexibility index (Phi) is 2.32. The lowest BCUT2D eigenvalue weighted by atomic mass is 10.0. The zero-order chi connectivity index (χ0) is 11.1. The number of hydrogen-bond acceptors (Lipinski definition) is 3. The number of hydrogen-bond donors (Lipinski definition) is 1. The molecular formula is C12H16FN3. The van der Waals surface area contributed by atoms with E-state index in [1.807, 2.05) is 6.07 Å². The van der Waals surface area contributed by atoms with E-state index >= 15 is 0 Å². The molecule has 0 aliphatic carbocycles. The zero-order valence-electron chi connectivity index (χ0n) is 9.41. The van der Waals surface area contributed by atoms with Crippen molar-refractivity contribution in [2.75, 3.05) is 18.0 Å². The van der Waals surface area contributed by atoms with Gasteiger partial charge in [0.25, 0.3) is 0 Å². The molecule has 2 aliphatic rings. The second-order valence-corrected chi connectivity index (χ2v) is 4.78. The number of fused-ring (bicyclic) bond motifs is 2. The molecule has 0 amide bonds. The van der Waals surface area contributed by atoms with Crippen molar-refractivity contribution in [2.45, 2.75) is 31.8 Å². The maximum absolute atomic E-state index is 13.1. The van der Waals surface area contributed by atoms with Gasteiger partial charge in [-0.2, -0.15) is 4.39 Å². The summed E-state index contributed by atoms with van der Waals surface area (Å²) in [4.78, 5) is 6.16. The average Bonchev–Trinajstić information content (AvgIpc) is 2.65. The lowest BCUT2D eigenvalue weighted by Gasteiger charge is -2.34. The molecule has 3 heterocycles. The van der Waals surface area contributed by atoms with Crippen molar-refractivity contribution in [3.8, 4) is 0 Å². The van der Waals surface area contributed by atoms with E-state index in [0.29, 0.717) is 17.6 Å². The van der Waals surface area contributed by atoms with Crippen molar-refractivity contribution in [3.05, 3.63) is 23.8 Å². The first-order chi connectivity index (χ1) is 7.74. The van der Waals surface area contributed by atoms with Crippen molar-refractivity contribution in [3.63, 3.8) is 0 Å². The summed E-state index contributed by atoms with van der Waals surface area (Å²) in [7, 11) is 0. The third-order valence-electron chi connectivity index (χ3n) is 3.69. The standard InChI is InChI=1S/C12H16FN3/c1-8-4-10(7-15-12(8)13)16-3-2-9-5-11(16)6-14-9/h4,7,9,11,14H,2-3,5-6H2,1H3/t9-,11+/m0/s1. The largest absolute Gasteiger partial charge is 0.366 e. The molecule has 3 rings (SSSR count). The lowest BCUT2D eigenvalue weighted by molar-refractivity contribution is 0.488. The number of aromatic nitrogens is 1. The van der Waals surface area contributed by atoms with Crippen LogP contribution in [0.1, 0.15) is 18.4 Å². The zero-order valence-corrected chi connectivity index (χ0v) is 9.41. The first-order valence-electron chi connectivity index (χ1n) is 5.86. The van der Waals surface area contributed by atoms with Gasteiger partial charge in [0.15, 0.2) is 0 Å². The van der Waals surface area contributed by atoms with Crippen LogP contribution in [-0.4, -0.2) is 30.2 Å². The molecule has 0 saturated carbocycles. The van der Waals surface area contributed by atoms with Crippen LogP contribution < -0.4 is 10.2 Å². The average molecular weight is 221 g/mol. The molecule has 16 heavy (non-hydrogen) atoms. The Morgan fingerprint density at radius 1 is 1.56 bits per heavy atom. The van der Waals surface area contributed by atoms with Gasteiger partial charge in [-0.05, 0) is 25.8 Å².